The van der Waals surface area contributed by atoms with Crippen LogP contribution < -0.4 is 10.6 Å². The molecule has 8 nitrogen and oxygen atoms in total. The lowest BCUT2D eigenvalue weighted by Crippen LogP contribution is -2.59. The van der Waals surface area contributed by atoms with E-state index in [1.807, 2.05) is 50.5 Å². The fourth-order valence-electron chi connectivity index (χ4n) is 5.02. The number of alkyl halides is 1. The van der Waals surface area contributed by atoms with E-state index in [0.717, 1.165) is 21.7 Å². The summed E-state index contributed by atoms with van der Waals surface area (Å²) in [5.74, 6) is -1.61. The Morgan fingerprint density at radius 2 is 1.79 bits per heavy atom. The number of β-amino-alcohol motifs (C(OH)–C–C–N with tert-alkyl or cyclic N) is 1. The molecule has 39 heavy (non-hydrogen) atoms. The summed E-state index contributed by atoms with van der Waals surface area (Å²) in [5, 5.41) is 16.1. The zero-order chi connectivity index (χ0) is 28.7. The zero-order valence-corrected chi connectivity index (χ0v) is 24.3. The highest BCUT2D eigenvalue weighted by molar-refractivity contribution is 7.13. The van der Waals surface area contributed by atoms with E-state index in [-0.39, 0.29) is 43.7 Å². The molecule has 3 amide bonds. The molecule has 1 saturated carbocycles. The number of halogens is 1. The molecule has 0 spiro atoms. The molecule has 2 aromatic rings. The normalized spacial score (nSPS) is 21.9. The molecule has 1 aromatic carbocycles. The highest BCUT2D eigenvalue weighted by Gasteiger charge is 2.53. The average Bonchev–Trinajstić information content (AvgIpc) is 3.28. The van der Waals surface area contributed by atoms with Crippen LogP contribution in [0, 0.1) is 18.3 Å². The van der Waals surface area contributed by atoms with Crippen molar-refractivity contribution >= 4 is 29.1 Å². The standard InChI is InChI=1S/C29H39FN4O4S/c1-16(2)22(18-7-9-19(10-8-18)23-17(3)31-15-39-23)32-25(36)21-13-20(35)14-34(21)26(37)24(28(4,5)6)33-27(38)29(30)11-12-29/h7-10,15-16,20-22,24,35H,11-14H2,1-6H3,(H,32,36)(H,33,38)/t20-,21+,22?,24-/m1/s1. The highest BCUT2D eigenvalue weighted by atomic mass is 32.1. The summed E-state index contributed by atoms with van der Waals surface area (Å²) >= 11 is 1.58. The van der Waals surface area contributed by atoms with Crippen LogP contribution in [-0.4, -0.2) is 63.1 Å². The van der Waals surface area contributed by atoms with E-state index in [1.54, 1.807) is 32.1 Å². The first-order valence-corrected chi connectivity index (χ1v) is 14.4. The average molecular weight is 559 g/mol. The predicted molar refractivity (Wildman–Crippen MR) is 149 cm³/mol. The second-order valence-corrected chi connectivity index (χ2v) is 13.1. The van der Waals surface area contributed by atoms with Crippen molar-refractivity contribution in [2.45, 2.75) is 90.7 Å². The summed E-state index contributed by atoms with van der Waals surface area (Å²) in [7, 11) is 0. The van der Waals surface area contributed by atoms with Crippen LogP contribution in [0.3, 0.4) is 0 Å². The van der Waals surface area contributed by atoms with E-state index in [1.165, 1.54) is 4.90 Å². The largest absolute Gasteiger partial charge is 0.391 e. The summed E-state index contributed by atoms with van der Waals surface area (Å²) in [4.78, 5) is 46.5. The lowest BCUT2D eigenvalue weighted by atomic mass is 9.85. The molecule has 4 rings (SSSR count). The summed E-state index contributed by atoms with van der Waals surface area (Å²) in [6.07, 6.45) is -0.516. The van der Waals surface area contributed by atoms with Crippen molar-refractivity contribution in [1.29, 1.82) is 0 Å². The first-order valence-electron chi connectivity index (χ1n) is 13.5. The van der Waals surface area contributed by atoms with Gasteiger partial charge in [-0.15, -0.1) is 11.3 Å². The molecule has 10 heteroatoms. The third-order valence-corrected chi connectivity index (χ3v) is 8.57. The highest BCUT2D eigenvalue weighted by Crippen LogP contribution is 2.40. The Balaban J connectivity index is 1.51. The monoisotopic (exact) mass is 558 g/mol. The van der Waals surface area contributed by atoms with Gasteiger partial charge in [0.15, 0.2) is 5.67 Å². The first-order chi connectivity index (χ1) is 18.2. The van der Waals surface area contributed by atoms with Gasteiger partial charge in [0.25, 0.3) is 5.91 Å². The number of hydrogen-bond donors (Lipinski definition) is 3. The van der Waals surface area contributed by atoms with Gasteiger partial charge in [-0.3, -0.25) is 14.4 Å². The molecule has 0 bridgehead atoms. The number of carbonyl (C=O) groups excluding carboxylic acids is 3. The molecule has 2 fully saturated rings. The molecule has 1 aromatic heterocycles. The minimum Gasteiger partial charge on any atom is -0.391 e. The van der Waals surface area contributed by atoms with Gasteiger partial charge in [-0.2, -0.15) is 0 Å². The van der Waals surface area contributed by atoms with Crippen LogP contribution in [0.4, 0.5) is 4.39 Å². The topological polar surface area (TPSA) is 112 Å². The smallest absolute Gasteiger partial charge is 0.258 e. The Kier molecular flexibility index (Phi) is 8.19. The van der Waals surface area contributed by atoms with Gasteiger partial charge in [0.2, 0.25) is 11.8 Å². The number of likely N-dealkylation sites (tertiary alicyclic amines) is 1. The molecule has 1 aliphatic carbocycles. The molecular formula is C29H39FN4O4S. The van der Waals surface area contributed by atoms with E-state index < -0.39 is 41.1 Å². The second kappa shape index (κ2) is 11.0. The quantitative estimate of drug-likeness (QED) is 0.455. The molecule has 212 valence electrons. The molecule has 2 aliphatic rings. The summed E-state index contributed by atoms with van der Waals surface area (Å²) < 4.78 is 14.4. The number of nitrogens with zero attached hydrogens (tertiary/aromatic N) is 2. The number of benzene rings is 1. The van der Waals surface area contributed by atoms with Gasteiger partial charge in [0.1, 0.15) is 12.1 Å². The fourth-order valence-corrected chi connectivity index (χ4v) is 5.83. The molecule has 1 unspecified atom stereocenters. The van der Waals surface area contributed by atoms with Crippen LogP contribution in [0.5, 0.6) is 0 Å². The van der Waals surface area contributed by atoms with Crippen molar-refractivity contribution in [3.8, 4) is 10.4 Å². The van der Waals surface area contributed by atoms with Crippen molar-refractivity contribution in [3.63, 3.8) is 0 Å². The van der Waals surface area contributed by atoms with Crippen LogP contribution in [-0.2, 0) is 14.4 Å². The molecule has 3 N–H and O–H groups in total. The molecule has 4 atom stereocenters. The van der Waals surface area contributed by atoms with Gasteiger partial charge in [0, 0.05) is 13.0 Å². The Labute approximate surface area is 233 Å². The van der Waals surface area contributed by atoms with Crippen molar-refractivity contribution < 1.29 is 23.9 Å². The summed E-state index contributed by atoms with van der Waals surface area (Å²) in [5.41, 5.74) is 2.11. The van der Waals surface area contributed by atoms with Gasteiger partial charge in [-0.1, -0.05) is 58.9 Å². The number of aryl methyl sites for hydroxylation is 1. The van der Waals surface area contributed by atoms with Crippen LogP contribution in [0.25, 0.3) is 10.4 Å². The van der Waals surface area contributed by atoms with Crippen molar-refractivity contribution in [1.82, 2.24) is 20.5 Å². The van der Waals surface area contributed by atoms with E-state index in [9.17, 15) is 23.9 Å². The van der Waals surface area contributed by atoms with Gasteiger partial charge in [-0.05, 0) is 42.2 Å². The van der Waals surface area contributed by atoms with Crippen LogP contribution in [0.15, 0.2) is 29.8 Å². The number of carbonyl (C=O) groups is 3. The number of aromatic nitrogens is 1. The van der Waals surface area contributed by atoms with Gasteiger partial charge in [0.05, 0.1) is 28.2 Å². The second-order valence-electron chi connectivity index (χ2n) is 12.3. The van der Waals surface area contributed by atoms with Crippen molar-refractivity contribution in [2.24, 2.45) is 11.3 Å². The Morgan fingerprint density at radius 1 is 1.15 bits per heavy atom. The molecule has 0 radical (unpaired) electrons. The molecule has 2 heterocycles. The Bertz CT molecular complexity index is 1220. The maximum absolute atomic E-state index is 14.4. The Morgan fingerprint density at radius 3 is 2.31 bits per heavy atom. The number of rotatable bonds is 8. The van der Waals surface area contributed by atoms with E-state index in [2.05, 4.69) is 15.6 Å². The number of thiazole rings is 1. The summed E-state index contributed by atoms with van der Waals surface area (Å²) in [6.45, 7) is 11.3. The van der Waals surface area contributed by atoms with E-state index >= 15 is 0 Å². The van der Waals surface area contributed by atoms with Gasteiger partial charge < -0.3 is 20.6 Å². The number of aliphatic hydroxyl groups excluding tert-OH is 1. The zero-order valence-electron chi connectivity index (χ0n) is 23.5. The number of aliphatic hydroxyl groups is 1. The van der Waals surface area contributed by atoms with Gasteiger partial charge in [-0.25, -0.2) is 9.37 Å². The predicted octanol–water partition coefficient (Wildman–Crippen LogP) is 3.93. The minimum absolute atomic E-state index is 0.0324. The number of nitrogens with one attached hydrogen (secondary N) is 2. The van der Waals surface area contributed by atoms with E-state index in [4.69, 9.17) is 0 Å². The van der Waals surface area contributed by atoms with Crippen LogP contribution >= 0.6 is 11.3 Å². The van der Waals surface area contributed by atoms with Crippen molar-refractivity contribution in [3.05, 3.63) is 41.0 Å². The number of hydrogen-bond acceptors (Lipinski definition) is 6. The lowest BCUT2D eigenvalue weighted by Gasteiger charge is -2.36. The molecular weight excluding hydrogens is 519 g/mol. The summed E-state index contributed by atoms with van der Waals surface area (Å²) in [6, 6.07) is 5.74. The third-order valence-electron chi connectivity index (χ3n) is 7.59. The third kappa shape index (κ3) is 6.32. The molecule has 1 saturated heterocycles. The minimum atomic E-state index is -1.93. The number of amides is 3. The first kappa shape index (κ1) is 29.1. The fraction of sp³-hybridized carbons (Fsp3) is 0.586. The van der Waals surface area contributed by atoms with Gasteiger partial charge >= 0.3 is 0 Å². The van der Waals surface area contributed by atoms with Crippen LogP contribution in [0.2, 0.25) is 0 Å². The maximum atomic E-state index is 14.4. The van der Waals surface area contributed by atoms with E-state index in [0.29, 0.717) is 0 Å². The maximum Gasteiger partial charge on any atom is 0.258 e. The van der Waals surface area contributed by atoms with Crippen LogP contribution in [0.1, 0.15) is 71.2 Å². The molecule has 1 aliphatic heterocycles. The van der Waals surface area contributed by atoms with Crippen molar-refractivity contribution in [2.75, 3.05) is 6.54 Å². The Hall–Kier alpha value is -2.85. The lowest BCUT2D eigenvalue weighted by molar-refractivity contribution is -0.145. The SMILES string of the molecule is Cc1ncsc1-c1ccc(C(NC(=O)[C@@H]2C[C@@H](O)CN2C(=O)[C@@H](NC(=O)C2(F)CC2)C(C)(C)C)C(C)C)cc1.